The highest BCUT2D eigenvalue weighted by atomic mass is 16.4. The van der Waals surface area contributed by atoms with E-state index in [0.29, 0.717) is 0 Å². The Kier molecular flexibility index (Phi) is 2.46. The third-order valence-electron chi connectivity index (χ3n) is 2.10. The fourth-order valence-electron chi connectivity index (χ4n) is 1.54. The number of rotatable bonds is 2. The number of carboxylic acid groups (broad SMARTS) is 1. The van der Waals surface area contributed by atoms with E-state index in [-0.39, 0.29) is 12.2 Å². The molecule has 0 radical (unpaired) electrons. The van der Waals surface area contributed by atoms with Crippen LogP contribution in [0.15, 0.2) is 0 Å². The van der Waals surface area contributed by atoms with Crippen LogP contribution in [-0.2, 0) is 4.79 Å². The molecule has 2 atom stereocenters. The highest BCUT2D eigenvalue weighted by Crippen LogP contribution is 2.17. The van der Waals surface area contributed by atoms with Crippen LogP contribution in [0.5, 0.6) is 0 Å². The van der Waals surface area contributed by atoms with Crippen LogP contribution in [0.4, 0.5) is 0 Å². The molecule has 0 spiro atoms. The van der Waals surface area contributed by atoms with Gasteiger partial charge in [0.1, 0.15) is 6.04 Å². The van der Waals surface area contributed by atoms with Gasteiger partial charge in [-0.1, -0.05) is 0 Å². The monoisotopic (exact) mass is 158 g/mol. The summed E-state index contributed by atoms with van der Waals surface area (Å²) in [5.74, 6) is -0.750. The lowest BCUT2D eigenvalue weighted by Gasteiger charge is -2.24. The molecule has 0 amide bonds. The topological polar surface area (TPSA) is 66.6 Å². The quantitative estimate of drug-likeness (QED) is 0.586. The Balaban J connectivity index is 2.58. The second-order valence-corrected chi connectivity index (χ2v) is 2.97. The first-order valence-corrected chi connectivity index (χ1v) is 3.87. The second kappa shape index (κ2) is 3.19. The summed E-state index contributed by atoms with van der Waals surface area (Å²) in [6.07, 6.45) is 1.54. The van der Waals surface area contributed by atoms with E-state index in [1.807, 2.05) is 11.8 Å². The molecule has 0 aliphatic carbocycles. The molecule has 1 aliphatic rings. The van der Waals surface area contributed by atoms with Gasteiger partial charge in [-0.05, 0) is 19.8 Å². The number of carbonyl (C=O) groups is 1. The average Bonchev–Trinajstić information content (AvgIpc) is 2.32. The van der Waals surface area contributed by atoms with Crippen molar-refractivity contribution in [3.05, 3.63) is 0 Å². The molecule has 0 aromatic rings. The summed E-state index contributed by atoms with van der Waals surface area (Å²) in [6.45, 7) is 2.63. The molecule has 0 bridgehead atoms. The van der Waals surface area contributed by atoms with Crippen molar-refractivity contribution in [1.82, 2.24) is 4.90 Å². The molecule has 4 nitrogen and oxygen atoms in total. The summed E-state index contributed by atoms with van der Waals surface area (Å²) in [7, 11) is 0. The van der Waals surface area contributed by atoms with Crippen molar-refractivity contribution in [2.24, 2.45) is 5.73 Å². The molecule has 2 unspecified atom stereocenters. The van der Waals surface area contributed by atoms with E-state index in [0.717, 1.165) is 19.4 Å². The van der Waals surface area contributed by atoms with Crippen molar-refractivity contribution in [3.8, 4) is 0 Å². The van der Waals surface area contributed by atoms with Crippen LogP contribution in [0, 0.1) is 0 Å². The van der Waals surface area contributed by atoms with Crippen LogP contribution >= 0.6 is 0 Å². The molecule has 1 fully saturated rings. The molecule has 1 aliphatic heterocycles. The van der Waals surface area contributed by atoms with Gasteiger partial charge in [-0.3, -0.25) is 9.69 Å². The first-order chi connectivity index (χ1) is 5.13. The van der Waals surface area contributed by atoms with Gasteiger partial charge in [0.25, 0.3) is 0 Å². The fourth-order valence-corrected chi connectivity index (χ4v) is 1.54. The normalized spacial score (nSPS) is 28.7. The molecule has 0 aromatic carbocycles. The van der Waals surface area contributed by atoms with Crippen LogP contribution in [-0.4, -0.2) is 34.7 Å². The van der Waals surface area contributed by atoms with Gasteiger partial charge in [0.2, 0.25) is 0 Å². The minimum atomic E-state index is -0.750. The first kappa shape index (κ1) is 8.49. The van der Waals surface area contributed by atoms with E-state index >= 15 is 0 Å². The Bertz CT molecular complexity index is 159. The summed E-state index contributed by atoms with van der Waals surface area (Å²) < 4.78 is 0. The summed E-state index contributed by atoms with van der Waals surface area (Å²) in [5.41, 5.74) is 5.59. The van der Waals surface area contributed by atoms with Crippen molar-refractivity contribution in [3.63, 3.8) is 0 Å². The van der Waals surface area contributed by atoms with Crippen molar-refractivity contribution < 1.29 is 9.90 Å². The van der Waals surface area contributed by atoms with Crippen LogP contribution in [0.1, 0.15) is 19.8 Å². The van der Waals surface area contributed by atoms with Gasteiger partial charge < -0.3 is 10.8 Å². The van der Waals surface area contributed by atoms with Crippen molar-refractivity contribution in [1.29, 1.82) is 0 Å². The van der Waals surface area contributed by atoms with Gasteiger partial charge >= 0.3 is 5.97 Å². The Morgan fingerprint density at radius 2 is 2.45 bits per heavy atom. The molecule has 0 saturated carbocycles. The van der Waals surface area contributed by atoms with E-state index in [4.69, 9.17) is 10.8 Å². The smallest absolute Gasteiger partial charge is 0.320 e. The molecule has 1 heterocycles. The summed E-state index contributed by atoms with van der Waals surface area (Å²) in [4.78, 5) is 12.4. The lowest BCUT2D eigenvalue weighted by Crippen LogP contribution is -2.46. The number of aliphatic carboxylic acids is 1. The van der Waals surface area contributed by atoms with E-state index in [1.54, 1.807) is 0 Å². The lowest BCUT2D eigenvalue weighted by atomic mass is 10.2. The fraction of sp³-hybridized carbons (Fsp3) is 0.857. The SMILES string of the molecule is CC(N)N1CCCC1C(=O)O. The largest absolute Gasteiger partial charge is 0.480 e. The van der Waals surface area contributed by atoms with Gasteiger partial charge in [0.15, 0.2) is 0 Å². The molecular formula is C7H14N2O2. The standard InChI is InChI=1S/C7H14N2O2/c1-5(8)9-4-2-3-6(9)7(10)11/h5-6H,2-4,8H2,1H3,(H,10,11). The molecule has 11 heavy (non-hydrogen) atoms. The zero-order valence-corrected chi connectivity index (χ0v) is 6.66. The minimum Gasteiger partial charge on any atom is -0.480 e. The second-order valence-electron chi connectivity index (χ2n) is 2.97. The number of nitrogens with zero attached hydrogens (tertiary/aromatic N) is 1. The molecule has 4 heteroatoms. The molecular weight excluding hydrogens is 144 g/mol. The third kappa shape index (κ3) is 1.70. The van der Waals surface area contributed by atoms with Crippen molar-refractivity contribution >= 4 is 5.97 Å². The molecule has 1 saturated heterocycles. The van der Waals surface area contributed by atoms with Crippen LogP contribution in [0.3, 0.4) is 0 Å². The van der Waals surface area contributed by atoms with Gasteiger partial charge in [-0.25, -0.2) is 0 Å². The van der Waals surface area contributed by atoms with Gasteiger partial charge in [0.05, 0.1) is 6.17 Å². The zero-order valence-electron chi connectivity index (χ0n) is 6.66. The van der Waals surface area contributed by atoms with Crippen LogP contribution in [0.2, 0.25) is 0 Å². The molecule has 3 N–H and O–H groups in total. The van der Waals surface area contributed by atoms with E-state index in [9.17, 15) is 4.79 Å². The minimum absolute atomic E-state index is 0.140. The number of carboxylic acids is 1. The zero-order chi connectivity index (χ0) is 8.43. The maximum atomic E-state index is 10.6. The van der Waals surface area contributed by atoms with Gasteiger partial charge in [0, 0.05) is 6.54 Å². The Morgan fingerprint density at radius 3 is 2.82 bits per heavy atom. The predicted molar refractivity (Wildman–Crippen MR) is 41.0 cm³/mol. The van der Waals surface area contributed by atoms with E-state index in [1.165, 1.54) is 0 Å². The number of likely N-dealkylation sites (tertiary alicyclic amines) is 1. The molecule has 1 rings (SSSR count). The number of nitrogens with two attached hydrogens (primary N) is 1. The van der Waals surface area contributed by atoms with Gasteiger partial charge in [-0.15, -0.1) is 0 Å². The number of hydrogen-bond donors (Lipinski definition) is 2. The number of hydrogen-bond acceptors (Lipinski definition) is 3. The Hall–Kier alpha value is -0.610. The summed E-state index contributed by atoms with van der Waals surface area (Å²) in [5, 5.41) is 8.74. The Labute approximate surface area is 66.0 Å². The lowest BCUT2D eigenvalue weighted by molar-refractivity contribution is -0.142. The van der Waals surface area contributed by atoms with Crippen molar-refractivity contribution in [2.75, 3.05) is 6.54 Å². The van der Waals surface area contributed by atoms with Crippen LogP contribution < -0.4 is 5.73 Å². The van der Waals surface area contributed by atoms with Crippen molar-refractivity contribution in [2.45, 2.75) is 32.0 Å². The van der Waals surface area contributed by atoms with E-state index < -0.39 is 5.97 Å². The average molecular weight is 158 g/mol. The highest BCUT2D eigenvalue weighted by molar-refractivity contribution is 5.73. The molecule has 64 valence electrons. The third-order valence-corrected chi connectivity index (χ3v) is 2.10. The maximum Gasteiger partial charge on any atom is 0.320 e. The summed E-state index contributed by atoms with van der Waals surface area (Å²) >= 11 is 0. The Morgan fingerprint density at radius 1 is 1.82 bits per heavy atom. The molecule has 0 aromatic heterocycles. The maximum absolute atomic E-state index is 10.6. The van der Waals surface area contributed by atoms with Gasteiger partial charge in [-0.2, -0.15) is 0 Å². The van der Waals surface area contributed by atoms with Crippen LogP contribution in [0.25, 0.3) is 0 Å². The van der Waals surface area contributed by atoms with E-state index in [2.05, 4.69) is 0 Å². The first-order valence-electron chi connectivity index (χ1n) is 3.87. The highest BCUT2D eigenvalue weighted by Gasteiger charge is 2.31. The summed E-state index contributed by atoms with van der Waals surface area (Å²) in [6, 6.07) is -0.352. The predicted octanol–water partition coefficient (Wildman–Crippen LogP) is -0.160.